The molecule has 12 heteroatoms. The van der Waals surface area contributed by atoms with Gasteiger partial charge < -0.3 is 20.7 Å². The summed E-state index contributed by atoms with van der Waals surface area (Å²) in [4.78, 5) is 66.4. The van der Waals surface area contributed by atoms with Crippen molar-refractivity contribution >= 4 is 51.4 Å². The standard InChI is InChI=1S/C23H32N4O6S2.CH4/c1-6-15-22(31)27-9-7-8-14(33-23(32)19(27)13(4)5)10-17(28)26-18(12(2)3)21(30)25-16(11-34-35-27)20(29)24-15;/h6-8,12-14,16,18-19H,9-11H2,1-5H3,(H2-,24,25,26,28,29,30);1H4/p+1/b8-7+,15-6-;/t14-,16-,18-,19+,27?;/m1./s1. The Hall–Kier alpha value is -2.31. The lowest BCUT2D eigenvalue weighted by atomic mass is 10.00. The molecule has 0 aromatic carbocycles. The van der Waals surface area contributed by atoms with Crippen LogP contribution in [0.2, 0.25) is 0 Å². The molecule has 10 nitrogen and oxygen atoms in total. The third-order valence-electron chi connectivity index (χ3n) is 6.14. The Morgan fingerprint density at radius 3 is 2.36 bits per heavy atom. The van der Waals surface area contributed by atoms with Crippen molar-refractivity contribution in [3.05, 3.63) is 23.9 Å². The highest BCUT2D eigenvalue weighted by molar-refractivity contribution is 8.74. The molecule has 1 unspecified atom stereocenters. The SMILES string of the molecule is C.C/C=C1\NC(=O)[C@H]2CSS[N+]3(C/C=C/[C@H](CC(=O)N[C@H](C(C)C)C(=O)N2)OC(=O)[C@@H]3C(C)C)C1=O. The lowest BCUT2D eigenvalue weighted by molar-refractivity contribution is -0.731. The van der Waals surface area contributed by atoms with Crippen LogP contribution in [0.3, 0.4) is 0 Å². The van der Waals surface area contributed by atoms with Crippen LogP contribution in [0.1, 0.15) is 48.5 Å². The van der Waals surface area contributed by atoms with E-state index in [1.807, 2.05) is 13.8 Å². The molecule has 2 fully saturated rings. The smallest absolute Gasteiger partial charge is 0.375 e. The highest BCUT2D eigenvalue weighted by atomic mass is 33.1. The summed E-state index contributed by atoms with van der Waals surface area (Å²) < 4.78 is 5.38. The molecule has 4 amide bonds. The minimum Gasteiger partial charge on any atom is -0.453 e. The van der Waals surface area contributed by atoms with Gasteiger partial charge in [-0.05, 0) is 35.8 Å². The van der Waals surface area contributed by atoms with Crippen LogP contribution in [0.5, 0.6) is 0 Å². The number of carbonyl (C=O) groups excluding carboxylic acids is 5. The van der Waals surface area contributed by atoms with Crippen LogP contribution >= 0.6 is 21.8 Å². The lowest BCUT2D eigenvalue weighted by Crippen LogP contribution is -2.62. The number of esters is 1. The van der Waals surface area contributed by atoms with E-state index < -0.39 is 53.8 Å². The summed E-state index contributed by atoms with van der Waals surface area (Å²) >= 11 is 0. The molecule has 4 aliphatic heterocycles. The normalized spacial score (nSPS) is 33.9. The number of carbonyl (C=O) groups is 5. The molecule has 2 saturated heterocycles. The van der Waals surface area contributed by atoms with E-state index in [0.717, 1.165) is 0 Å². The zero-order valence-electron chi connectivity index (χ0n) is 20.5. The van der Waals surface area contributed by atoms with E-state index in [1.165, 1.54) is 27.8 Å². The second-order valence-electron chi connectivity index (χ2n) is 9.48. The summed E-state index contributed by atoms with van der Waals surface area (Å²) in [7, 11) is 2.42. The molecule has 0 aromatic heterocycles. The van der Waals surface area contributed by atoms with Crippen molar-refractivity contribution in [2.24, 2.45) is 11.8 Å². The molecule has 3 N–H and O–H groups in total. The molecule has 5 atom stereocenters. The second-order valence-corrected chi connectivity index (χ2v) is 12.0. The van der Waals surface area contributed by atoms with Gasteiger partial charge in [0.2, 0.25) is 23.8 Å². The van der Waals surface area contributed by atoms with Gasteiger partial charge in [0.1, 0.15) is 30.4 Å². The number of hydrogen-bond acceptors (Lipinski definition) is 8. The first kappa shape index (κ1) is 29.9. The van der Waals surface area contributed by atoms with Gasteiger partial charge in [-0.1, -0.05) is 41.2 Å². The van der Waals surface area contributed by atoms with Gasteiger partial charge in [0.05, 0.1) is 6.42 Å². The van der Waals surface area contributed by atoms with Gasteiger partial charge >= 0.3 is 11.9 Å². The number of nitrogens with one attached hydrogen (secondary N) is 3. The lowest BCUT2D eigenvalue weighted by Gasteiger charge is -2.40. The highest BCUT2D eigenvalue weighted by Crippen LogP contribution is 2.43. The Labute approximate surface area is 220 Å². The number of ether oxygens (including phenoxy) is 1. The molecule has 1 spiro atoms. The van der Waals surface area contributed by atoms with E-state index in [9.17, 15) is 24.0 Å². The maximum atomic E-state index is 13.9. The molecule has 3 bridgehead atoms. The molecule has 4 aliphatic rings. The maximum absolute atomic E-state index is 13.9. The molecule has 200 valence electrons. The van der Waals surface area contributed by atoms with Crippen LogP contribution in [0.4, 0.5) is 0 Å². The van der Waals surface area contributed by atoms with Gasteiger partial charge in [-0.15, -0.1) is 0 Å². The predicted molar refractivity (Wildman–Crippen MR) is 140 cm³/mol. The largest absolute Gasteiger partial charge is 0.453 e. The summed E-state index contributed by atoms with van der Waals surface area (Å²) in [5.74, 6) is -2.92. The van der Waals surface area contributed by atoms with E-state index in [-0.39, 0.29) is 47.6 Å². The van der Waals surface area contributed by atoms with Gasteiger partial charge in [-0.25, -0.2) is 9.59 Å². The molecule has 0 saturated carbocycles. The number of amides is 4. The van der Waals surface area contributed by atoms with Crippen LogP contribution in [0.15, 0.2) is 23.9 Å². The summed E-state index contributed by atoms with van der Waals surface area (Å²) in [5.41, 5.74) is 0.0500. The van der Waals surface area contributed by atoms with Crippen molar-refractivity contribution in [2.45, 2.75) is 72.7 Å². The van der Waals surface area contributed by atoms with E-state index in [0.29, 0.717) is 0 Å². The highest BCUT2D eigenvalue weighted by Gasteiger charge is 2.55. The van der Waals surface area contributed by atoms with Crippen LogP contribution in [0, 0.1) is 11.8 Å². The van der Waals surface area contributed by atoms with Crippen molar-refractivity contribution in [3.63, 3.8) is 0 Å². The first-order valence-electron chi connectivity index (χ1n) is 11.7. The second kappa shape index (κ2) is 12.3. The summed E-state index contributed by atoms with van der Waals surface area (Å²) in [6.07, 6.45) is 3.87. The first-order valence-corrected chi connectivity index (χ1v) is 14.0. The Balaban J connectivity index is 0.00000456. The third-order valence-corrected chi connectivity index (χ3v) is 9.05. The molecule has 0 radical (unpaired) electrons. The van der Waals surface area contributed by atoms with Crippen LogP contribution in [0.25, 0.3) is 0 Å². The Kier molecular flexibility index (Phi) is 10.2. The van der Waals surface area contributed by atoms with E-state index in [2.05, 4.69) is 16.0 Å². The van der Waals surface area contributed by atoms with Crippen LogP contribution < -0.4 is 16.0 Å². The fourth-order valence-corrected chi connectivity index (χ4v) is 7.53. The maximum Gasteiger partial charge on any atom is 0.375 e. The van der Waals surface area contributed by atoms with Crippen molar-refractivity contribution < 1.29 is 32.6 Å². The van der Waals surface area contributed by atoms with Gasteiger partial charge in [0, 0.05) is 11.7 Å². The average Bonchev–Trinajstić information content (AvgIpc) is 2.80. The average molecular weight is 542 g/mol. The first-order chi connectivity index (χ1) is 16.5. The number of hydrogen-bond donors (Lipinski definition) is 3. The van der Waals surface area contributed by atoms with Crippen molar-refractivity contribution in [2.75, 3.05) is 12.3 Å². The number of nitrogens with zero attached hydrogens (tertiary/aromatic N) is 1. The molecule has 4 heterocycles. The molecule has 36 heavy (non-hydrogen) atoms. The van der Waals surface area contributed by atoms with Crippen molar-refractivity contribution in [3.8, 4) is 0 Å². The van der Waals surface area contributed by atoms with Crippen LogP contribution in [-0.2, 0) is 28.7 Å². The fraction of sp³-hybridized carbons (Fsp3) is 0.625. The number of allylic oxidation sites excluding steroid dienone is 1. The molecule has 0 aromatic rings. The molecular weight excluding hydrogens is 504 g/mol. The van der Waals surface area contributed by atoms with Gasteiger partial charge in [0.25, 0.3) is 0 Å². The fourth-order valence-electron chi connectivity index (χ4n) is 4.35. The van der Waals surface area contributed by atoms with Gasteiger partial charge in [-0.3, -0.25) is 14.4 Å². The van der Waals surface area contributed by atoms with E-state index in [4.69, 9.17) is 4.74 Å². The van der Waals surface area contributed by atoms with E-state index in [1.54, 1.807) is 32.9 Å². The Morgan fingerprint density at radius 2 is 1.75 bits per heavy atom. The molecule has 4 rings (SSSR count). The van der Waals surface area contributed by atoms with Gasteiger partial charge in [0.15, 0.2) is 11.0 Å². The minimum absolute atomic E-state index is 0. The topological polar surface area (TPSA) is 131 Å². The zero-order valence-corrected chi connectivity index (χ0v) is 22.2. The molecule has 0 aliphatic carbocycles. The van der Waals surface area contributed by atoms with Crippen molar-refractivity contribution in [1.82, 2.24) is 16.0 Å². The molecular formula is C24H37N4O6S2+. The number of fused-ring (bicyclic) bond motifs is 8. The number of rotatable bonds is 2. The summed E-state index contributed by atoms with van der Waals surface area (Å²) in [5, 5.41) is 8.13. The quantitative estimate of drug-likeness (QED) is 0.121. The minimum atomic E-state index is -0.955. The summed E-state index contributed by atoms with van der Waals surface area (Å²) in [6.45, 7) is 9.03. The zero-order chi connectivity index (χ0) is 25.9. The van der Waals surface area contributed by atoms with E-state index >= 15 is 0 Å². The summed E-state index contributed by atoms with van der Waals surface area (Å²) in [6, 6.07) is -2.73. The monoisotopic (exact) mass is 541 g/mol. The predicted octanol–water partition coefficient (Wildman–Crippen LogP) is 1.83. The Bertz CT molecular complexity index is 966. The van der Waals surface area contributed by atoms with Gasteiger partial charge in [-0.2, -0.15) is 3.89 Å². The number of quaternary nitrogens is 1. The van der Waals surface area contributed by atoms with Crippen molar-refractivity contribution in [1.29, 1.82) is 0 Å². The van der Waals surface area contributed by atoms with Crippen LogP contribution in [-0.4, -0.2) is 70.0 Å². The Morgan fingerprint density at radius 1 is 1.06 bits per heavy atom. The third kappa shape index (κ3) is 6.15.